The van der Waals surface area contributed by atoms with Gasteiger partial charge in [-0.15, -0.1) is 0 Å². The lowest BCUT2D eigenvalue weighted by Gasteiger charge is -2.41. The normalized spacial score (nSPS) is 21.5. The van der Waals surface area contributed by atoms with E-state index in [0.29, 0.717) is 12.8 Å². The summed E-state index contributed by atoms with van der Waals surface area (Å²) < 4.78 is 47.4. The molecule has 1 amide bonds. The summed E-state index contributed by atoms with van der Waals surface area (Å²) in [6, 6.07) is -1.14. The van der Waals surface area contributed by atoms with E-state index in [2.05, 4.69) is 47.7 Å². The number of nitrogens with one attached hydrogen (secondary N) is 1. The first kappa shape index (κ1) is 57.3. The van der Waals surface area contributed by atoms with Crippen molar-refractivity contribution in [2.45, 2.75) is 243 Å². The van der Waals surface area contributed by atoms with Crippen LogP contribution in [0.15, 0.2) is 36.5 Å². The molecule has 14 heteroatoms. The highest BCUT2D eigenvalue weighted by Gasteiger charge is 2.48. The van der Waals surface area contributed by atoms with Crippen LogP contribution < -0.4 is 5.32 Å². The quantitative estimate of drug-likeness (QED) is 0.0175. The zero-order valence-electron chi connectivity index (χ0n) is 37.8. The lowest BCUT2D eigenvalue weighted by Crippen LogP contribution is -2.61. The first-order valence-corrected chi connectivity index (χ1v) is 25.3. The summed E-state index contributed by atoms with van der Waals surface area (Å²) in [5.41, 5.74) is 0. The standard InChI is InChI=1S/C47H87NO12S/c1-3-5-7-9-11-13-15-16-17-18-19-20-21-22-23-24-26-28-30-32-34-36-41(51)46(54)48-39(40(50)35-33-31-29-27-25-14-12-10-8-6-4-2)38-58-47-44(53)45(60-61(55,56)57)43(52)42(37-49)59-47/h21-22,25,27,33,35,39-45,47,49-53H,3-20,23-24,26,28-32,34,36-38H2,1-2H3,(H,48,54)(H,55,56,57)/b22-21-,27-25+,35-33+. The topological polar surface area (TPSA) is 212 Å². The van der Waals surface area contributed by atoms with E-state index in [-0.39, 0.29) is 6.42 Å². The predicted octanol–water partition coefficient (Wildman–Crippen LogP) is 8.47. The Morgan fingerprint density at radius 2 is 1.10 bits per heavy atom. The Balaban J connectivity index is 2.51. The summed E-state index contributed by atoms with van der Waals surface area (Å²) >= 11 is 0. The Morgan fingerprint density at radius 1 is 0.656 bits per heavy atom. The molecule has 1 rings (SSSR count). The second-order valence-electron chi connectivity index (χ2n) is 16.8. The molecule has 0 aromatic rings. The van der Waals surface area contributed by atoms with Gasteiger partial charge in [-0.05, 0) is 57.8 Å². The van der Waals surface area contributed by atoms with Crippen molar-refractivity contribution in [1.82, 2.24) is 5.32 Å². The van der Waals surface area contributed by atoms with Gasteiger partial charge < -0.3 is 40.3 Å². The average molecular weight is 890 g/mol. The number of hydrogen-bond donors (Lipinski definition) is 7. The molecular formula is C47H87NO12S. The van der Waals surface area contributed by atoms with Crippen LogP contribution >= 0.6 is 0 Å². The molecule has 0 spiro atoms. The maximum absolute atomic E-state index is 13.1. The molecule has 0 saturated carbocycles. The summed E-state index contributed by atoms with van der Waals surface area (Å²) in [5, 5.41) is 55.1. The number of amides is 1. The first-order valence-electron chi connectivity index (χ1n) is 24.0. The summed E-state index contributed by atoms with van der Waals surface area (Å²) in [7, 11) is -5.12. The van der Waals surface area contributed by atoms with Crippen LogP contribution in [0.5, 0.6) is 0 Å². The van der Waals surface area contributed by atoms with Crippen molar-refractivity contribution in [2.24, 2.45) is 0 Å². The second-order valence-corrected chi connectivity index (χ2v) is 17.9. The minimum atomic E-state index is -5.12. The molecule has 358 valence electrons. The molecule has 0 aliphatic carbocycles. The number of aliphatic hydroxyl groups excluding tert-OH is 5. The molecule has 1 saturated heterocycles. The van der Waals surface area contributed by atoms with Crippen LogP contribution in [-0.4, -0.2) is 107 Å². The molecule has 1 aliphatic rings. The molecule has 13 nitrogen and oxygen atoms in total. The van der Waals surface area contributed by atoms with Crippen LogP contribution in [0.25, 0.3) is 0 Å². The monoisotopic (exact) mass is 890 g/mol. The van der Waals surface area contributed by atoms with Crippen LogP contribution in [0.3, 0.4) is 0 Å². The Labute approximate surface area is 369 Å². The molecule has 0 aromatic heterocycles. The number of rotatable bonds is 40. The third-order valence-electron chi connectivity index (χ3n) is 11.3. The predicted molar refractivity (Wildman–Crippen MR) is 242 cm³/mol. The fraction of sp³-hybridized carbons (Fsp3) is 0.851. The Bertz CT molecular complexity index is 1250. The third kappa shape index (κ3) is 30.1. The number of ether oxygens (including phenoxy) is 2. The maximum Gasteiger partial charge on any atom is 0.397 e. The van der Waals surface area contributed by atoms with Crippen molar-refractivity contribution < 1.29 is 57.0 Å². The Morgan fingerprint density at radius 3 is 1.57 bits per heavy atom. The number of hydrogen-bond acceptors (Lipinski definition) is 11. The molecule has 0 aromatic carbocycles. The van der Waals surface area contributed by atoms with E-state index in [1.54, 1.807) is 6.08 Å². The van der Waals surface area contributed by atoms with Gasteiger partial charge in [0.25, 0.3) is 0 Å². The zero-order valence-corrected chi connectivity index (χ0v) is 38.7. The maximum atomic E-state index is 13.1. The van der Waals surface area contributed by atoms with E-state index >= 15 is 0 Å². The highest BCUT2D eigenvalue weighted by atomic mass is 32.3. The molecule has 8 unspecified atom stereocenters. The van der Waals surface area contributed by atoms with E-state index in [4.69, 9.17) is 14.0 Å². The van der Waals surface area contributed by atoms with Gasteiger partial charge in [0.05, 0.1) is 25.4 Å². The highest BCUT2D eigenvalue weighted by molar-refractivity contribution is 7.80. The van der Waals surface area contributed by atoms with E-state index in [1.807, 2.05) is 0 Å². The zero-order chi connectivity index (χ0) is 45.0. The Kier molecular flexibility index (Phi) is 35.4. The SMILES string of the molecule is CCCCCCC/C=C/CC/C=C/C(O)C(COC1OC(CO)C(O)C(OS(=O)(=O)O)C1O)NC(=O)C(O)CCCCCCCC/C=C\CCCCCCCCCCCCC. The third-order valence-corrected chi connectivity index (χ3v) is 11.7. The highest BCUT2D eigenvalue weighted by Crippen LogP contribution is 2.26. The van der Waals surface area contributed by atoms with Crippen molar-refractivity contribution in [3.8, 4) is 0 Å². The molecule has 0 bridgehead atoms. The van der Waals surface area contributed by atoms with Crippen LogP contribution in [0.2, 0.25) is 0 Å². The number of allylic oxidation sites excluding steroid dienone is 5. The first-order chi connectivity index (χ1) is 29.4. The summed E-state index contributed by atoms with van der Waals surface area (Å²) in [6.07, 6.45) is 32.4. The largest absolute Gasteiger partial charge is 0.397 e. The lowest BCUT2D eigenvalue weighted by atomic mass is 9.99. The van der Waals surface area contributed by atoms with E-state index in [9.17, 15) is 38.7 Å². The second kappa shape index (κ2) is 37.6. The van der Waals surface area contributed by atoms with Gasteiger partial charge in [-0.3, -0.25) is 9.35 Å². The van der Waals surface area contributed by atoms with Crippen LogP contribution in [0.1, 0.15) is 194 Å². The molecule has 1 fully saturated rings. The molecule has 8 atom stereocenters. The average Bonchev–Trinajstić information content (AvgIpc) is 3.23. The molecule has 1 heterocycles. The summed E-state index contributed by atoms with van der Waals surface area (Å²) in [5.74, 6) is -0.718. The molecule has 1 aliphatic heterocycles. The van der Waals surface area contributed by atoms with Crippen molar-refractivity contribution in [3.63, 3.8) is 0 Å². The van der Waals surface area contributed by atoms with Crippen molar-refractivity contribution in [1.29, 1.82) is 0 Å². The fourth-order valence-electron chi connectivity index (χ4n) is 7.41. The molecule has 61 heavy (non-hydrogen) atoms. The minimum absolute atomic E-state index is 0.229. The summed E-state index contributed by atoms with van der Waals surface area (Å²) in [6.45, 7) is 3.17. The lowest BCUT2D eigenvalue weighted by molar-refractivity contribution is -0.298. The van der Waals surface area contributed by atoms with E-state index < -0.39 is 78.5 Å². The minimum Gasteiger partial charge on any atom is -0.394 e. The summed E-state index contributed by atoms with van der Waals surface area (Å²) in [4.78, 5) is 13.1. The van der Waals surface area contributed by atoms with E-state index in [0.717, 1.165) is 64.2 Å². The van der Waals surface area contributed by atoms with Crippen LogP contribution in [0, 0.1) is 0 Å². The van der Waals surface area contributed by atoms with Gasteiger partial charge in [-0.25, -0.2) is 4.18 Å². The van der Waals surface area contributed by atoms with Gasteiger partial charge in [-0.2, -0.15) is 8.42 Å². The van der Waals surface area contributed by atoms with Gasteiger partial charge in [-0.1, -0.05) is 172 Å². The fourth-order valence-corrected chi connectivity index (χ4v) is 7.92. The molecular weight excluding hydrogens is 803 g/mol. The molecule has 7 N–H and O–H groups in total. The smallest absolute Gasteiger partial charge is 0.394 e. The number of unbranched alkanes of at least 4 members (excludes halogenated alkanes) is 23. The van der Waals surface area contributed by atoms with Crippen LogP contribution in [-0.2, 0) is 28.9 Å². The molecule has 0 radical (unpaired) electrons. The van der Waals surface area contributed by atoms with Crippen LogP contribution in [0.4, 0.5) is 0 Å². The van der Waals surface area contributed by atoms with Crippen molar-refractivity contribution in [2.75, 3.05) is 13.2 Å². The van der Waals surface area contributed by atoms with Gasteiger partial charge in [0, 0.05) is 0 Å². The van der Waals surface area contributed by atoms with Crippen molar-refractivity contribution >= 4 is 16.3 Å². The number of carbonyl (C=O) groups is 1. The van der Waals surface area contributed by atoms with Gasteiger partial charge in [0.1, 0.15) is 30.5 Å². The van der Waals surface area contributed by atoms with E-state index in [1.165, 1.54) is 102 Å². The number of carbonyl (C=O) groups excluding carboxylic acids is 1. The van der Waals surface area contributed by atoms with Gasteiger partial charge >= 0.3 is 10.4 Å². The van der Waals surface area contributed by atoms with Gasteiger partial charge in [0.2, 0.25) is 5.91 Å². The van der Waals surface area contributed by atoms with Gasteiger partial charge in [0.15, 0.2) is 6.29 Å². The Hall–Kier alpha value is -1.72. The number of aliphatic hydroxyl groups is 5. The van der Waals surface area contributed by atoms with Crippen molar-refractivity contribution in [3.05, 3.63) is 36.5 Å².